The van der Waals surface area contributed by atoms with Crippen LogP contribution in [0.25, 0.3) is 0 Å². The first-order chi connectivity index (χ1) is 13.6. The number of carbonyl (C=O) groups is 1. The molecule has 1 amide bonds. The summed E-state index contributed by atoms with van der Waals surface area (Å²) in [6.45, 7) is 28.2. The number of rotatable bonds is 6. The maximum absolute atomic E-state index is 13.2. The van der Waals surface area contributed by atoms with Crippen LogP contribution in [0.5, 0.6) is 0 Å². The van der Waals surface area contributed by atoms with Crippen molar-refractivity contribution in [3.05, 3.63) is 0 Å². The summed E-state index contributed by atoms with van der Waals surface area (Å²) in [5.41, 5.74) is -0.611. The quantitative estimate of drug-likeness (QED) is 0.494. The summed E-state index contributed by atoms with van der Waals surface area (Å²) >= 11 is 0. The zero-order valence-corrected chi connectivity index (χ0v) is 24.4. The van der Waals surface area contributed by atoms with Crippen molar-refractivity contribution < 1.29 is 23.5 Å². The van der Waals surface area contributed by atoms with Crippen LogP contribution in [0, 0.1) is 0 Å². The van der Waals surface area contributed by atoms with Gasteiger partial charge in [0, 0.05) is 0 Å². The van der Waals surface area contributed by atoms with Crippen LogP contribution in [0.3, 0.4) is 0 Å². The fraction of sp³-hybridized carbons (Fsp3) is 0.957. The van der Waals surface area contributed by atoms with Crippen molar-refractivity contribution in [1.82, 2.24) is 4.90 Å². The van der Waals surface area contributed by atoms with E-state index < -0.39 is 40.5 Å². The molecule has 0 radical (unpaired) electrons. The molecule has 31 heavy (non-hydrogen) atoms. The molecule has 0 aromatic rings. The smallest absolute Gasteiger partial charge is 0.411 e. The van der Waals surface area contributed by atoms with E-state index in [2.05, 4.69) is 67.7 Å². The molecule has 1 aliphatic heterocycles. The molecule has 3 atom stereocenters. The Labute approximate surface area is 193 Å². The van der Waals surface area contributed by atoms with Gasteiger partial charge in [0.25, 0.3) is 0 Å². The third kappa shape index (κ3) is 7.55. The predicted octanol–water partition coefficient (Wildman–Crippen LogP) is 5.77. The predicted molar refractivity (Wildman–Crippen MR) is 133 cm³/mol. The molecule has 0 aromatic heterocycles. The topological polar surface area (TPSA) is 68.2 Å². The fourth-order valence-electron chi connectivity index (χ4n) is 2.98. The number of hydrogen-bond acceptors (Lipinski definition) is 5. The molecular formula is C23H49NO5Si2. The maximum atomic E-state index is 13.2. The lowest BCUT2D eigenvalue weighted by Gasteiger charge is -2.40. The minimum atomic E-state index is -2.02. The highest BCUT2D eigenvalue weighted by Gasteiger charge is 2.48. The second-order valence-electron chi connectivity index (χ2n) is 13.1. The zero-order chi connectivity index (χ0) is 24.6. The number of likely N-dealkylation sites (tertiary alicyclic amines) is 1. The van der Waals surface area contributed by atoms with Gasteiger partial charge in [-0.1, -0.05) is 41.5 Å². The summed E-state index contributed by atoms with van der Waals surface area (Å²) in [5, 5.41) is 11.0. The molecule has 0 spiro atoms. The van der Waals surface area contributed by atoms with Crippen LogP contribution in [0.1, 0.15) is 68.7 Å². The van der Waals surface area contributed by atoms with Crippen LogP contribution < -0.4 is 0 Å². The molecule has 1 rings (SSSR count). The van der Waals surface area contributed by atoms with Gasteiger partial charge >= 0.3 is 6.09 Å². The molecule has 0 saturated carbocycles. The summed E-state index contributed by atoms with van der Waals surface area (Å²) < 4.78 is 18.6. The standard InChI is InChI=1S/C23H49NO5Si2/c1-21(2,3)29-20(26)24-17(15-27-30(10,11)22(4,5)6)14-19(25)18(24)16-28-31(12,13)23(7,8)9/h17-19,25H,14-16H2,1-13H3. The number of carbonyl (C=O) groups excluding carboxylic acids is 1. The Bertz CT molecular complexity index is 617. The van der Waals surface area contributed by atoms with Gasteiger partial charge in [0.2, 0.25) is 0 Å². The first kappa shape index (κ1) is 28.6. The highest BCUT2D eigenvalue weighted by molar-refractivity contribution is 6.74. The molecule has 0 aromatic carbocycles. The third-order valence-corrected chi connectivity index (χ3v) is 16.2. The summed E-state index contributed by atoms with van der Waals surface area (Å²) in [7, 11) is -4.01. The fourth-order valence-corrected chi connectivity index (χ4v) is 5.04. The first-order valence-electron chi connectivity index (χ1n) is 11.6. The number of aliphatic hydroxyl groups excluding tert-OH is 1. The van der Waals surface area contributed by atoms with E-state index in [4.69, 9.17) is 13.6 Å². The summed E-state index contributed by atoms with van der Waals surface area (Å²) in [6, 6.07) is -0.663. The van der Waals surface area contributed by atoms with Crippen molar-refractivity contribution in [1.29, 1.82) is 0 Å². The maximum Gasteiger partial charge on any atom is 0.411 e. The Morgan fingerprint density at radius 2 is 1.29 bits per heavy atom. The van der Waals surface area contributed by atoms with Gasteiger partial charge < -0.3 is 18.7 Å². The van der Waals surface area contributed by atoms with Gasteiger partial charge in [-0.2, -0.15) is 0 Å². The average molecular weight is 476 g/mol. The van der Waals surface area contributed by atoms with Gasteiger partial charge in [0.1, 0.15) is 5.60 Å². The van der Waals surface area contributed by atoms with Crippen LogP contribution >= 0.6 is 0 Å². The van der Waals surface area contributed by atoms with E-state index in [0.717, 1.165) is 0 Å². The second kappa shape index (κ2) is 9.45. The van der Waals surface area contributed by atoms with Gasteiger partial charge in [-0.25, -0.2) is 4.79 Å². The van der Waals surface area contributed by atoms with Gasteiger partial charge in [0.05, 0.1) is 31.4 Å². The zero-order valence-electron chi connectivity index (χ0n) is 22.4. The Hall–Kier alpha value is -0.416. The van der Waals surface area contributed by atoms with Gasteiger partial charge in [-0.3, -0.25) is 4.90 Å². The molecule has 1 aliphatic rings. The molecule has 184 valence electrons. The van der Waals surface area contributed by atoms with Crippen molar-refractivity contribution in [3.8, 4) is 0 Å². The van der Waals surface area contributed by atoms with Crippen LogP contribution in [0.15, 0.2) is 0 Å². The van der Waals surface area contributed by atoms with Crippen LogP contribution in [0.2, 0.25) is 36.3 Å². The number of hydrogen-bond donors (Lipinski definition) is 1. The first-order valence-corrected chi connectivity index (χ1v) is 17.4. The lowest BCUT2D eigenvalue weighted by atomic mass is 10.1. The van der Waals surface area contributed by atoms with Crippen LogP contribution in [-0.4, -0.2) is 69.7 Å². The van der Waals surface area contributed by atoms with Crippen LogP contribution in [0.4, 0.5) is 4.79 Å². The Kier molecular flexibility index (Phi) is 8.72. The number of amides is 1. The number of nitrogens with zero attached hydrogens (tertiary/aromatic N) is 1. The lowest BCUT2D eigenvalue weighted by Crippen LogP contribution is -2.52. The van der Waals surface area contributed by atoms with E-state index in [1.165, 1.54) is 0 Å². The van der Waals surface area contributed by atoms with E-state index in [-0.39, 0.29) is 16.1 Å². The summed E-state index contributed by atoms with van der Waals surface area (Å²) in [6.07, 6.45) is -0.596. The van der Waals surface area contributed by atoms with Crippen molar-refractivity contribution in [3.63, 3.8) is 0 Å². The van der Waals surface area contributed by atoms with Crippen molar-refractivity contribution in [2.75, 3.05) is 13.2 Å². The molecule has 1 heterocycles. The molecule has 1 saturated heterocycles. The largest absolute Gasteiger partial charge is 0.444 e. The second-order valence-corrected chi connectivity index (χ2v) is 22.7. The Morgan fingerprint density at radius 3 is 1.68 bits per heavy atom. The number of aliphatic hydroxyl groups is 1. The highest BCUT2D eigenvalue weighted by atomic mass is 28.4. The SMILES string of the molecule is CC(C)(C)OC(=O)N1C(CO[Si](C)(C)C(C)(C)C)CC(O)C1CO[Si](C)(C)C(C)(C)C. The molecule has 1 N–H and O–H groups in total. The van der Waals surface area contributed by atoms with Crippen molar-refractivity contribution in [2.24, 2.45) is 0 Å². The number of ether oxygens (including phenoxy) is 1. The third-order valence-electron chi connectivity index (χ3n) is 7.18. The average Bonchev–Trinajstić information content (AvgIpc) is 2.83. The lowest BCUT2D eigenvalue weighted by molar-refractivity contribution is -0.00332. The highest BCUT2D eigenvalue weighted by Crippen LogP contribution is 2.39. The van der Waals surface area contributed by atoms with Gasteiger partial charge in [-0.15, -0.1) is 0 Å². The van der Waals surface area contributed by atoms with Gasteiger partial charge in [0.15, 0.2) is 16.6 Å². The van der Waals surface area contributed by atoms with Crippen molar-refractivity contribution in [2.45, 2.75) is 129 Å². The summed E-state index contributed by atoms with van der Waals surface area (Å²) in [5.74, 6) is 0. The molecular weight excluding hydrogens is 426 g/mol. The molecule has 0 aliphatic carbocycles. The van der Waals surface area contributed by atoms with E-state index in [9.17, 15) is 9.90 Å². The van der Waals surface area contributed by atoms with E-state index >= 15 is 0 Å². The van der Waals surface area contributed by atoms with Crippen molar-refractivity contribution >= 4 is 22.7 Å². The molecule has 6 nitrogen and oxygen atoms in total. The summed E-state index contributed by atoms with van der Waals surface area (Å²) in [4.78, 5) is 14.9. The molecule has 0 bridgehead atoms. The van der Waals surface area contributed by atoms with E-state index in [1.54, 1.807) is 4.90 Å². The minimum Gasteiger partial charge on any atom is -0.444 e. The Morgan fingerprint density at radius 1 is 0.871 bits per heavy atom. The Balaban J connectivity index is 3.09. The normalized spacial score (nSPS) is 23.9. The van der Waals surface area contributed by atoms with E-state index in [1.807, 2.05) is 20.8 Å². The van der Waals surface area contributed by atoms with Gasteiger partial charge in [-0.05, 0) is 63.5 Å². The molecule has 8 heteroatoms. The minimum absolute atomic E-state index is 0.0537. The van der Waals surface area contributed by atoms with E-state index in [0.29, 0.717) is 19.6 Å². The molecule has 3 unspecified atom stereocenters. The monoisotopic (exact) mass is 475 g/mol. The van der Waals surface area contributed by atoms with Crippen LogP contribution in [-0.2, 0) is 13.6 Å². The molecule has 1 fully saturated rings.